The van der Waals surface area contributed by atoms with Gasteiger partial charge in [-0.3, -0.25) is 4.79 Å². The largest absolute Gasteiger partial charge is 0.358 e. The van der Waals surface area contributed by atoms with E-state index in [4.69, 9.17) is 0 Å². The number of benzene rings is 1. The van der Waals surface area contributed by atoms with E-state index in [1.165, 1.54) is 10.4 Å². The fraction of sp³-hybridized carbons (Fsp3) is 0.278. The Kier molecular flexibility index (Phi) is 4.03. The molecule has 0 aliphatic rings. The molecule has 2 heterocycles. The van der Waals surface area contributed by atoms with E-state index in [9.17, 15) is 4.79 Å². The number of hydrogen-bond acceptors (Lipinski definition) is 2. The predicted octanol–water partition coefficient (Wildman–Crippen LogP) is 4.73. The van der Waals surface area contributed by atoms with E-state index in [1.54, 1.807) is 11.3 Å². The van der Waals surface area contributed by atoms with E-state index in [-0.39, 0.29) is 11.9 Å². The first kappa shape index (κ1) is 14.9. The molecule has 2 N–H and O–H groups in total. The van der Waals surface area contributed by atoms with E-state index < -0.39 is 0 Å². The zero-order valence-corrected chi connectivity index (χ0v) is 13.9. The summed E-state index contributed by atoms with van der Waals surface area (Å²) in [6.07, 6.45) is 0.886. The number of aryl methyl sites for hydroxylation is 2. The molecule has 1 unspecified atom stereocenters. The van der Waals surface area contributed by atoms with Gasteiger partial charge >= 0.3 is 0 Å². The van der Waals surface area contributed by atoms with Gasteiger partial charge in [-0.15, -0.1) is 11.3 Å². The first-order valence-corrected chi connectivity index (χ1v) is 8.41. The van der Waals surface area contributed by atoms with E-state index in [1.807, 2.05) is 29.6 Å². The van der Waals surface area contributed by atoms with Crippen LogP contribution in [0.3, 0.4) is 0 Å². The maximum Gasteiger partial charge on any atom is 0.251 e. The Morgan fingerprint density at radius 3 is 2.82 bits per heavy atom. The summed E-state index contributed by atoms with van der Waals surface area (Å²) in [5.41, 5.74) is 4.15. The maximum atomic E-state index is 12.6. The zero-order chi connectivity index (χ0) is 15.7. The maximum absolute atomic E-state index is 12.6. The van der Waals surface area contributed by atoms with Gasteiger partial charge in [-0.1, -0.05) is 13.0 Å². The van der Waals surface area contributed by atoms with Crippen LogP contribution in [0.25, 0.3) is 10.9 Å². The van der Waals surface area contributed by atoms with E-state index in [0.29, 0.717) is 5.56 Å². The first-order valence-electron chi connectivity index (χ1n) is 7.53. The van der Waals surface area contributed by atoms with Crippen molar-refractivity contribution in [2.75, 3.05) is 0 Å². The summed E-state index contributed by atoms with van der Waals surface area (Å²) in [5, 5.41) is 6.30. The van der Waals surface area contributed by atoms with Gasteiger partial charge in [0.2, 0.25) is 0 Å². The van der Waals surface area contributed by atoms with Crippen molar-refractivity contribution in [2.24, 2.45) is 0 Å². The lowest BCUT2D eigenvalue weighted by Gasteiger charge is -2.15. The van der Waals surface area contributed by atoms with Gasteiger partial charge in [-0.05, 0) is 55.5 Å². The number of aromatic amines is 1. The van der Waals surface area contributed by atoms with E-state index in [0.717, 1.165) is 23.0 Å². The minimum atomic E-state index is -0.0135. The second kappa shape index (κ2) is 5.97. The van der Waals surface area contributed by atoms with Gasteiger partial charge in [-0.25, -0.2) is 0 Å². The van der Waals surface area contributed by atoms with Crippen molar-refractivity contribution >= 4 is 28.1 Å². The highest BCUT2D eigenvalue weighted by molar-refractivity contribution is 7.10. The number of H-pyrrole nitrogens is 1. The van der Waals surface area contributed by atoms with Crippen molar-refractivity contribution in [1.29, 1.82) is 0 Å². The second-order valence-corrected chi connectivity index (χ2v) is 6.56. The van der Waals surface area contributed by atoms with E-state index in [2.05, 4.69) is 37.1 Å². The summed E-state index contributed by atoms with van der Waals surface area (Å²) in [6, 6.07) is 10.0. The normalized spacial score (nSPS) is 12.5. The van der Waals surface area contributed by atoms with Crippen LogP contribution in [0.4, 0.5) is 0 Å². The van der Waals surface area contributed by atoms with Crippen LogP contribution in [-0.4, -0.2) is 10.9 Å². The van der Waals surface area contributed by atoms with Crippen molar-refractivity contribution in [3.63, 3.8) is 0 Å². The van der Waals surface area contributed by atoms with E-state index >= 15 is 0 Å². The summed E-state index contributed by atoms with van der Waals surface area (Å²) in [4.78, 5) is 17.1. The van der Waals surface area contributed by atoms with Gasteiger partial charge in [0, 0.05) is 27.0 Å². The number of fused-ring (bicyclic) bond motifs is 1. The first-order chi connectivity index (χ1) is 10.6. The van der Waals surface area contributed by atoms with Crippen LogP contribution in [-0.2, 0) is 0 Å². The SMILES string of the molecule is CCC(NC(=O)c1ccc2[nH]c(C)c(C)c2c1)c1cccs1. The number of carbonyl (C=O) groups is 1. The van der Waals surface area contributed by atoms with Crippen LogP contribution in [0.1, 0.15) is 45.9 Å². The number of carbonyl (C=O) groups excluding carboxylic acids is 1. The van der Waals surface area contributed by atoms with Crippen molar-refractivity contribution in [2.45, 2.75) is 33.2 Å². The molecule has 0 aliphatic carbocycles. The monoisotopic (exact) mass is 312 g/mol. The summed E-state index contributed by atoms with van der Waals surface area (Å²) in [5.74, 6) is -0.0135. The molecule has 4 heteroatoms. The standard InChI is InChI=1S/C18H20N2OS/c1-4-15(17-6-5-9-22-17)20-18(21)13-7-8-16-14(10-13)11(2)12(3)19-16/h5-10,15,19H,4H2,1-3H3,(H,20,21). The highest BCUT2D eigenvalue weighted by Crippen LogP contribution is 2.24. The highest BCUT2D eigenvalue weighted by Gasteiger charge is 2.16. The summed E-state index contributed by atoms with van der Waals surface area (Å²) in [7, 11) is 0. The Hall–Kier alpha value is -2.07. The molecule has 1 atom stereocenters. The molecule has 0 aliphatic heterocycles. The van der Waals surface area contributed by atoms with Gasteiger partial charge in [0.05, 0.1) is 6.04 Å². The zero-order valence-electron chi connectivity index (χ0n) is 13.1. The second-order valence-electron chi connectivity index (χ2n) is 5.59. The number of hydrogen-bond donors (Lipinski definition) is 2. The van der Waals surface area contributed by atoms with Gasteiger partial charge in [-0.2, -0.15) is 0 Å². The average molecular weight is 312 g/mol. The summed E-state index contributed by atoms with van der Waals surface area (Å²) < 4.78 is 0. The van der Waals surface area contributed by atoms with Gasteiger partial charge in [0.25, 0.3) is 5.91 Å². The molecule has 114 valence electrons. The molecule has 3 aromatic rings. The minimum absolute atomic E-state index is 0.0135. The third kappa shape index (κ3) is 2.66. The minimum Gasteiger partial charge on any atom is -0.358 e. The van der Waals surface area contributed by atoms with Crippen LogP contribution in [0.15, 0.2) is 35.7 Å². The lowest BCUT2D eigenvalue weighted by atomic mass is 10.1. The van der Waals surface area contributed by atoms with Crippen LogP contribution in [0, 0.1) is 13.8 Å². The van der Waals surface area contributed by atoms with Crippen LogP contribution in [0.5, 0.6) is 0 Å². The Morgan fingerprint density at radius 2 is 2.14 bits per heavy atom. The van der Waals surface area contributed by atoms with Crippen molar-refractivity contribution in [3.05, 3.63) is 57.4 Å². The lowest BCUT2D eigenvalue weighted by Crippen LogP contribution is -2.27. The molecule has 1 amide bonds. The molecule has 0 bridgehead atoms. The number of aromatic nitrogens is 1. The molecular formula is C18H20N2OS. The van der Waals surface area contributed by atoms with Crippen molar-refractivity contribution in [3.8, 4) is 0 Å². The molecule has 1 aromatic carbocycles. The average Bonchev–Trinajstić information content (AvgIpc) is 3.14. The van der Waals surface area contributed by atoms with Crippen molar-refractivity contribution in [1.82, 2.24) is 10.3 Å². The smallest absolute Gasteiger partial charge is 0.251 e. The Bertz CT molecular complexity index is 802. The van der Waals surface area contributed by atoms with Crippen LogP contribution in [0.2, 0.25) is 0 Å². The fourth-order valence-corrected chi connectivity index (χ4v) is 3.57. The van der Waals surface area contributed by atoms with Gasteiger partial charge < -0.3 is 10.3 Å². The lowest BCUT2D eigenvalue weighted by molar-refractivity contribution is 0.0936. The number of rotatable bonds is 4. The van der Waals surface area contributed by atoms with Crippen LogP contribution < -0.4 is 5.32 Å². The molecule has 3 nitrogen and oxygen atoms in total. The Balaban J connectivity index is 1.87. The molecule has 0 saturated carbocycles. The number of thiophene rings is 1. The fourth-order valence-electron chi connectivity index (χ4n) is 2.71. The summed E-state index contributed by atoms with van der Waals surface area (Å²) in [6.45, 7) is 6.23. The third-order valence-electron chi connectivity index (χ3n) is 4.17. The molecule has 2 aromatic heterocycles. The molecule has 0 fully saturated rings. The third-order valence-corrected chi connectivity index (χ3v) is 5.16. The Labute approximate surface area is 134 Å². The highest BCUT2D eigenvalue weighted by atomic mass is 32.1. The molecule has 22 heavy (non-hydrogen) atoms. The van der Waals surface area contributed by atoms with Gasteiger partial charge in [0.15, 0.2) is 0 Å². The quantitative estimate of drug-likeness (QED) is 0.719. The molecule has 0 saturated heterocycles. The Morgan fingerprint density at radius 1 is 1.32 bits per heavy atom. The topological polar surface area (TPSA) is 44.9 Å². The number of amides is 1. The molecule has 3 rings (SSSR count). The molecular weight excluding hydrogens is 292 g/mol. The number of nitrogens with one attached hydrogen (secondary N) is 2. The predicted molar refractivity (Wildman–Crippen MR) is 92.6 cm³/mol. The molecule has 0 radical (unpaired) electrons. The molecule has 0 spiro atoms. The van der Waals surface area contributed by atoms with Gasteiger partial charge in [0.1, 0.15) is 0 Å². The van der Waals surface area contributed by atoms with Crippen LogP contribution >= 0.6 is 11.3 Å². The summed E-state index contributed by atoms with van der Waals surface area (Å²) >= 11 is 1.68. The van der Waals surface area contributed by atoms with Crippen molar-refractivity contribution < 1.29 is 4.79 Å².